The molecule has 2 aromatic rings. The molecule has 1 aromatic heterocycles. The zero-order chi connectivity index (χ0) is 21.7. The number of nitrogens with zero attached hydrogens (tertiary/aromatic N) is 4. The number of rotatable bonds is 2. The molecule has 1 amide bonds. The summed E-state index contributed by atoms with van der Waals surface area (Å²) in [5.74, 6) is 0.527. The van der Waals surface area contributed by atoms with Crippen LogP contribution in [0, 0.1) is 0 Å². The summed E-state index contributed by atoms with van der Waals surface area (Å²) in [5, 5.41) is 7.31. The second kappa shape index (κ2) is 7.05. The van der Waals surface area contributed by atoms with Crippen LogP contribution in [0.2, 0.25) is 0 Å². The molecule has 1 spiro atoms. The van der Waals surface area contributed by atoms with Gasteiger partial charge in [-0.1, -0.05) is 12.1 Å². The number of halogens is 3. The molecule has 4 rings (SSSR count). The van der Waals surface area contributed by atoms with Crippen LogP contribution in [0.15, 0.2) is 24.3 Å². The number of aromatic nitrogens is 3. The Morgan fingerprint density at radius 1 is 1.13 bits per heavy atom. The average Bonchev–Trinajstić information content (AvgIpc) is 2.97. The van der Waals surface area contributed by atoms with Crippen LogP contribution in [0.4, 0.5) is 13.2 Å². The lowest BCUT2D eigenvalue weighted by atomic mass is 9.85. The van der Waals surface area contributed by atoms with Crippen molar-refractivity contribution in [2.75, 3.05) is 19.3 Å². The normalized spacial score (nSPS) is 19.9. The number of alkyl halides is 3. The Labute approximate surface area is 171 Å². The minimum atomic E-state index is -4.43. The Morgan fingerprint density at radius 3 is 2.33 bits per heavy atom. The van der Waals surface area contributed by atoms with Gasteiger partial charge in [0.05, 0.1) is 11.8 Å². The lowest BCUT2D eigenvalue weighted by Gasteiger charge is -2.40. The first-order valence-electron chi connectivity index (χ1n) is 9.33. The predicted molar refractivity (Wildman–Crippen MR) is 101 cm³/mol. The summed E-state index contributed by atoms with van der Waals surface area (Å²) in [6, 6.07) is 4.55. The van der Waals surface area contributed by atoms with Crippen molar-refractivity contribution >= 4 is 15.9 Å². The van der Waals surface area contributed by atoms with Gasteiger partial charge < -0.3 is 5.32 Å². The van der Waals surface area contributed by atoms with Crippen LogP contribution < -0.4 is 5.32 Å². The lowest BCUT2D eigenvalue weighted by Crippen LogP contribution is -2.56. The van der Waals surface area contributed by atoms with Crippen LogP contribution in [0.5, 0.6) is 0 Å². The number of amides is 1. The van der Waals surface area contributed by atoms with Crippen LogP contribution >= 0.6 is 0 Å². The third-order valence-electron chi connectivity index (χ3n) is 5.56. The Balaban J connectivity index is 1.59. The number of carbonyl (C=O) groups excluding carboxylic acids is 1. The number of benzene rings is 1. The van der Waals surface area contributed by atoms with E-state index in [9.17, 15) is 26.4 Å². The van der Waals surface area contributed by atoms with Gasteiger partial charge >= 0.3 is 6.18 Å². The van der Waals surface area contributed by atoms with Gasteiger partial charge in [-0.2, -0.15) is 18.3 Å². The van der Waals surface area contributed by atoms with Crippen molar-refractivity contribution < 1.29 is 26.4 Å². The van der Waals surface area contributed by atoms with Crippen molar-refractivity contribution in [1.82, 2.24) is 24.4 Å². The maximum Gasteiger partial charge on any atom is 0.416 e. The van der Waals surface area contributed by atoms with Crippen LogP contribution in [0.25, 0.3) is 11.4 Å². The summed E-state index contributed by atoms with van der Waals surface area (Å²) >= 11 is 0. The molecular weight excluding hydrogens is 423 g/mol. The smallest absolute Gasteiger partial charge is 0.349 e. The molecule has 0 radical (unpaired) electrons. The highest BCUT2D eigenvalue weighted by atomic mass is 32.2. The monoisotopic (exact) mass is 443 g/mol. The summed E-state index contributed by atoms with van der Waals surface area (Å²) < 4.78 is 64.7. The summed E-state index contributed by atoms with van der Waals surface area (Å²) in [7, 11) is -3.30. The van der Waals surface area contributed by atoms with Crippen molar-refractivity contribution in [3.63, 3.8) is 0 Å². The van der Waals surface area contributed by atoms with Gasteiger partial charge in [-0.3, -0.25) is 4.79 Å². The Kier molecular flexibility index (Phi) is 4.88. The molecule has 8 nitrogen and oxygen atoms in total. The predicted octanol–water partition coefficient (Wildman–Crippen LogP) is 1.43. The van der Waals surface area contributed by atoms with Crippen molar-refractivity contribution in [2.45, 2.75) is 37.5 Å². The highest BCUT2D eigenvalue weighted by Crippen LogP contribution is 2.32. The first-order valence-corrected chi connectivity index (χ1v) is 11.2. The number of piperidine rings is 1. The molecule has 2 aliphatic heterocycles. The Hall–Kier alpha value is -2.47. The molecule has 0 atom stereocenters. The molecule has 0 saturated carbocycles. The first kappa shape index (κ1) is 20.8. The minimum absolute atomic E-state index is 0.0551. The molecule has 30 heavy (non-hydrogen) atoms. The Morgan fingerprint density at radius 2 is 1.77 bits per heavy atom. The summed E-state index contributed by atoms with van der Waals surface area (Å²) in [6.07, 6.45) is -2.03. The first-order chi connectivity index (χ1) is 14.0. The standard InChI is InChI=1S/C18H20F3N5O3S/c1-30(28,29)25-8-6-17(7-9-25)10-14-22-16(24-26(14)11-15(27)23-17)12-2-4-13(5-3-12)18(19,20)21/h2-5H,6-11H2,1H3,(H,23,27). The molecule has 1 aromatic carbocycles. The molecular formula is C18H20F3N5O3S. The molecule has 1 fully saturated rings. The van der Waals surface area contributed by atoms with Crippen molar-refractivity contribution in [3.05, 3.63) is 35.7 Å². The number of hydrogen-bond donors (Lipinski definition) is 1. The van der Waals surface area contributed by atoms with Crippen molar-refractivity contribution in [3.8, 4) is 11.4 Å². The van der Waals surface area contributed by atoms with Gasteiger partial charge in [0.25, 0.3) is 0 Å². The topological polar surface area (TPSA) is 97.2 Å². The highest BCUT2D eigenvalue weighted by molar-refractivity contribution is 7.88. The average molecular weight is 443 g/mol. The second-order valence-electron chi connectivity index (χ2n) is 7.75. The third-order valence-corrected chi connectivity index (χ3v) is 6.86. The van der Waals surface area contributed by atoms with E-state index in [1.165, 1.54) is 21.1 Å². The van der Waals surface area contributed by atoms with E-state index >= 15 is 0 Å². The maximum atomic E-state index is 12.8. The van der Waals surface area contributed by atoms with Gasteiger partial charge in [-0.05, 0) is 25.0 Å². The number of nitrogens with one attached hydrogen (secondary N) is 1. The maximum absolute atomic E-state index is 12.8. The van der Waals surface area contributed by atoms with Crippen molar-refractivity contribution in [1.29, 1.82) is 0 Å². The fraction of sp³-hybridized carbons (Fsp3) is 0.500. The van der Waals surface area contributed by atoms with Crippen molar-refractivity contribution in [2.24, 2.45) is 0 Å². The van der Waals surface area contributed by atoms with Gasteiger partial charge in [0.2, 0.25) is 15.9 Å². The number of fused-ring (bicyclic) bond motifs is 1. The molecule has 3 heterocycles. The van der Waals surface area contributed by atoms with E-state index in [4.69, 9.17) is 0 Å². The lowest BCUT2D eigenvalue weighted by molar-refractivity contribution is -0.137. The molecule has 1 saturated heterocycles. The number of carbonyl (C=O) groups is 1. The zero-order valence-electron chi connectivity index (χ0n) is 16.1. The minimum Gasteiger partial charge on any atom is -0.349 e. The van der Waals surface area contributed by atoms with E-state index < -0.39 is 27.3 Å². The van der Waals surface area contributed by atoms with Gasteiger partial charge in [-0.15, -0.1) is 0 Å². The molecule has 2 aliphatic rings. The Bertz CT molecular complexity index is 1070. The van der Waals surface area contributed by atoms with E-state index in [2.05, 4.69) is 15.4 Å². The van der Waals surface area contributed by atoms with Gasteiger partial charge in [0.15, 0.2) is 5.82 Å². The van der Waals surface area contributed by atoms with E-state index in [0.29, 0.717) is 43.7 Å². The van der Waals surface area contributed by atoms with Gasteiger partial charge in [0, 0.05) is 30.6 Å². The number of hydrogen-bond acceptors (Lipinski definition) is 5. The van der Waals surface area contributed by atoms with E-state index in [-0.39, 0.29) is 18.3 Å². The summed E-state index contributed by atoms with van der Waals surface area (Å²) in [6.45, 7) is 0.526. The fourth-order valence-corrected chi connectivity index (χ4v) is 4.77. The van der Waals surface area contributed by atoms with Crippen LogP contribution in [0.1, 0.15) is 24.2 Å². The van der Waals surface area contributed by atoms with E-state index in [1.54, 1.807) is 0 Å². The van der Waals surface area contributed by atoms with E-state index in [1.807, 2.05) is 0 Å². The molecule has 0 bridgehead atoms. The summed E-state index contributed by atoms with van der Waals surface area (Å²) in [4.78, 5) is 16.9. The summed E-state index contributed by atoms with van der Waals surface area (Å²) in [5.41, 5.74) is -0.968. The zero-order valence-corrected chi connectivity index (χ0v) is 16.9. The molecule has 12 heteroatoms. The van der Waals surface area contributed by atoms with Crippen LogP contribution in [-0.4, -0.2) is 58.3 Å². The quantitative estimate of drug-likeness (QED) is 0.758. The van der Waals surface area contributed by atoms with Crippen LogP contribution in [-0.2, 0) is 34.0 Å². The second-order valence-corrected chi connectivity index (χ2v) is 9.73. The fourth-order valence-electron chi connectivity index (χ4n) is 3.93. The molecule has 162 valence electrons. The largest absolute Gasteiger partial charge is 0.416 e. The molecule has 1 N–H and O–H groups in total. The van der Waals surface area contributed by atoms with Crippen LogP contribution in [0.3, 0.4) is 0 Å². The van der Waals surface area contributed by atoms with Gasteiger partial charge in [0.1, 0.15) is 12.4 Å². The third kappa shape index (κ3) is 4.06. The highest BCUT2D eigenvalue weighted by Gasteiger charge is 2.41. The van der Waals surface area contributed by atoms with E-state index in [0.717, 1.165) is 18.4 Å². The molecule has 0 unspecified atom stereocenters. The SMILES string of the molecule is CS(=O)(=O)N1CCC2(CC1)Cc1nc(-c3ccc(C(F)(F)F)cc3)nn1CC(=O)N2. The number of sulfonamides is 1. The molecule has 0 aliphatic carbocycles. The van der Waals surface area contributed by atoms with Gasteiger partial charge in [-0.25, -0.2) is 22.4 Å².